The van der Waals surface area contributed by atoms with E-state index in [9.17, 15) is 10.1 Å². The fraction of sp³-hybridized carbons (Fsp3) is 0.684. The summed E-state index contributed by atoms with van der Waals surface area (Å²) in [6, 6.07) is 2.34. The Bertz CT molecular complexity index is 631. The van der Waals surface area contributed by atoms with Crippen molar-refractivity contribution in [3.05, 3.63) is 16.0 Å². The minimum absolute atomic E-state index is 0.0275. The zero-order valence-electron chi connectivity index (χ0n) is 14.6. The normalized spacial score (nSPS) is 21.6. The first-order chi connectivity index (χ1) is 11.7. The van der Waals surface area contributed by atoms with Gasteiger partial charge in [0.15, 0.2) is 0 Å². The molecule has 1 aromatic rings. The van der Waals surface area contributed by atoms with Crippen LogP contribution in [0.4, 0.5) is 5.00 Å². The maximum Gasteiger partial charge on any atom is 0.239 e. The second-order valence-electron chi connectivity index (χ2n) is 7.08. The first-order valence-corrected chi connectivity index (χ1v) is 10.1. The summed E-state index contributed by atoms with van der Waals surface area (Å²) in [7, 11) is 0. The third kappa shape index (κ3) is 3.99. The number of carbonyl (C=O) groups is 1. The topological polar surface area (TPSA) is 56.1 Å². The molecule has 1 N–H and O–H groups in total. The number of hydrogen-bond acceptors (Lipinski definition) is 4. The summed E-state index contributed by atoms with van der Waals surface area (Å²) in [5, 5.41) is 13.4. The average Bonchev–Trinajstić information content (AvgIpc) is 2.75. The van der Waals surface area contributed by atoms with Crippen LogP contribution in [0.1, 0.15) is 61.5 Å². The van der Waals surface area contributed by atoms with Crippen molar-refractivity contribution in [1.82, 2.24) is 4.90 Å². The predicted octanol–water partition coefficient (Wildman–Crippen LogP) is 3.95. The van der Waals surface area contributed by atoms with Gasteiger partial charge in [0.05, 0.1) is 12.1 Å². The highest BCUT2D eigenvalue weighted by molar-refractivity contribution is 7.16. The lowest BCUT2D eigenvalue weighted by molar-refractivity contribution is -0.117. The van der Waals surface area contributed by atoms with Gasteiger partial charge in [0.25, 0.3) is 0 Å². The second kappa shape index (κ2) is 8.13. The van der Waals surface area contributed by atoms with E-state index in [0.717, 1.165) is 48.8 Å². The van der Waals surface area contributed by atoms with E-state index in [2.05, 4.69) is 23.2 Å². The SMILES string of the molecule is CC[C@H]1CCCN(CC(=O)Nc2sc3c(c2C#N)CCCCC3)C1. The van der Waals surface area contributed by atoms with Crippen LogP contribution in [0.5, 0.6) is 0 Å². The lowest BCUT2D eigenvalue weighted by atomic mass is 9.96. The highest BCUT2D eigenvalue weighted by atomic mass is 32.1. The quantitative estimate of drug-likeness (QED) is 0.841. The average molecular weight is 346 g/mol. The second-order valence-corrected chi connectivity index (χ2v) is 8.19. The smallest absolute Gasteiger partial charge is 0.239 e. The van der Waals surface area contributed by atoms with Crippen LogP contribution in [-0.2, 0) is 17.6 Å². The molecule has 1 aliphatic carbocycles. The first-order valence-electron chi connectivity index (χ1n) is 9.28. The van der Waals surface area contributed by atoms with Crippen LogP contribution >= 0.6 is 11.3 Å². The van der Waals surface area contributed by atoms with Gasteiger partial charge in [-0.15, -0.1) is 11.3 Å². The van der Waals surface area contributed by atoms with Crippen molar-refractivity contribution in [3.8, 4) is 6.07 Å². The van der Waals surface area contributed by atoms with Crippen LogP contribution in [0.2, 0.25) is 0 Å². The van der Waals surface area contributed by atoms with E-state index in [1.54, 1.807) is 11.3 Å². The number of piperidine rings is 1. The third-order valence-electron chi connectivity index (χ3n) is 5.33. The number of anilines is 1. The van der Waals surface area contributed by atoms with Crippen LogP contribution in [0.25, 0.3) is 0 Å². The van der Waals surface area contributed by atoms with Crippen LogP contribution in [-0.4, -0.2) is 30.4 Å². The number of nitriles is 1. The molecule has 1 aliphatic heterocycles. The molecule has 0 aromatic carbocycles. The van der Waals surface area contributed by atoms with Crippen LogP contribution in [0.3, 0.4) is 0 Å². The van der Waals surface area contributed by atoms with E-state index in [1.807, 2.05) is 0 Å². The van der Waals surface area contributed by atoms with Crippen molar-refractivity contribution in [3.63, 3.8) is 0 Å². The zero-order valence-corrected chi connectivity index (χ0v) is 15.4. The molecule has 2 heterocycles. The summed E-state index contributed by atoms with van der Waals surface area (Å²) in [5.74, 6) is 0.749. The molecule has 1 fully saturated rings. The summed E-state index contributed by atoms with van der Waals surface area (Å²) in [4.78, 5) is 16.0. The first kappa shape index (κ1) is 17.4. The number of hydrogen-bond donors (Lipinski definition) is 1. The summed E-state index contributed by atoms with van der Waals surface area (Å²) in [6.07, 6.45) is 9.27. The Morgan fingerprint density at radius 2 is 2.17 bits per heavy atom. The number of rotatable bonds is 4. The zero-order chi connectivity index (χ0) is 16.9. The molecule has 3 rings (SSSR count). The standard InChI is InChI=1S/C19H27N3OS/c1-2-14-7-6-10-22(12-14)13-18(23)21-19-16(11-20)15-8-4-3-5-9-17(15)24-19/h14H,2-10,12-13H2,1H3,(H,21,23)/t14-/m0/s1. The summed E-state index contributed by atoms with van der Waals surface area (Å²) in [5.41, 5.74) is 1.91. The lowest BCUT2D eigenvalue weighted by Crippen LogP contribution is -2.40. The molecule has 0 radical (unpaired) electrons. The van der Waals surface area contributed by atoms with Gasteiger partial charge in [-0.3, -0.25) is 9.69 Å². The fourth-order valence-electron chi connectivity index (χ4n) is 3.95. The molecule has 1 saturated heterocycles. The number of fused-ring (bicyclic) bond motifs is 1. The molecular weight excluding hydrogens is 318 g/mol. The van der Waals surface area contributed by atoms with Crippen molar-refractivity contribution >= 4 is 22.2 Å². The van der Waals surface area contributed by atoms with Crippen LogP contribution < -0.4 is 5.32 Å². The summed E-state index contributed by atoms with van der Waals surface area (Å²) >= 11 is 1.62. The number of likely N-dealkylation sites (tertiary alicyclic amines) is 1. The summed E-state index contributed by atoms with van der Waals surface area (Å²) < 4.78 is 0. The van der Waals surface area contributed by atoms with Crippen molar-refractivity contribution < 1.29 is 4.79 Å². The third-order valence-corrected chi connectivity index (χ3v) is 6.54. The van der Waals surface area contributed by atoms with Crippen molar-refractivity contribution in [2.24, 2.45) is 5.92 Å². The minimum Gasteiger partial charge on any atom is -0.315 e. The molecule has 24 heavy (non-hydrogen) atoms. The van der Waals surface area contributed by atoms with Gasteiger partial charge in [0.2, 0.25) is 5.91 Å². The maximum atomic E-state index is 12.5. The van der Waals surface area contributed by atoms with Gasteiger partial charge in [-0.1, -0.05) is 19.8 Å². The number of nitrogens with zero attached hydrogens (tertiary/aromatic N) is 2. The molecule has 0 spiro atoms. The Morgan fingerprint density at radius 1 is 1.33 bits per heavy atom. The van der Waals surface area contributed by atoms with E-state index in [0.29, 0.717) is 6.54 Å². The molecule has 2 aliphatic rings. The van der Waals surface area contributed by atoms with E-state index in [4.69, 9.17) is 0 Å². The Morgan fingerprint density at radius 3 is 2.96 bits per heavy atom. The summed E-state index contributed by atoms with van der Waals surface area (Å²) in [6.45, 7) is 4.71. The number of carbonyl (C=O) groups excluding carboxylic acids is 1. The monoisotopic (exact) mass is 345 g/mol. The number of aryl methyl sites for hydroxylation is 1. The molecule has 5 heteroatoms. The van der Waals surface area contributed by atoms with Crippen molar-refractivity contribution in [2.75, 3.05) is 25.0 Å². The Labute approximate surface area is 148 Å². The molecule has 1 atom stereocenters. The molecule has 0 bridgehead atoms. The van der Waals surface area contributed by atoms with Gasteiger partial charge in [0.1, 0.15) is 11.1 Å². The molecule has 1 amide bonds. The predicted molar refractivity (Wildman–Crippen MR) is 98.4 cm³/mol. The maximum absolute atomic E-state index is 12.5. The highest BCUT2D eigenvalue weighted by Crippen LogP contribution is 2.37. The Kier molecular flexibility index (Phi) is 5.91. The van der Waals surface area contributed by atoms with Gasteiger partial charge < -0.3 is 5.32 Å². The molecule has 0 unspecified atom stereocenters. The van der Waals surface area contributed by atoms with E-state index in [1.165, 1.54) is 42.5 Å². The molecule has 130 valence electrons. The van der Waals surface area contributed by atoms with E-state index in [-0.39, 0.29) is 5.91 Å². The van der Waals surface area contributed by atoms with Gasteiger partial charge in [-0.25, -0.2) is 0 Å². The van der Waals surface area contributed by atoms with E-state index >= 15 is 0 Å². The van der Waals surface area contributed by atoms with Crippen molar-refractivity contribution in [1.29, 1.82) is 5.26 Å². The lowest BCUT2D eigenvalue weighted by Gasteiger charge is -2.31. The molecule has 4 nitrogen and oxygen atoms in total. The highest BCUT2D eigenvalue weighted by Gasteiger charge is 2.23. The van der Waals surface area contributed by atoms with Crippen LogP contribution in [0, 0.1) is 17.2 Å². The minimum atomic E-state index is 0.0275. The van der Waals surface area contributed by atoms with Gasteiger partial charge in [-0.05, 0) is 56.6 Å². The van der Waals surface area contributed by atoms with Gasteiger partial charge in [0, 0.05) is 11.4 Å². The molecular formula is C19H27N3OS. The Hall–Kier alpha value is -1.38. The molecule has 1 aromatic heterocycles. The van der Waals surface area contributed by atoms with E-state index < -0.39 is 0 Å². The van der Waals surface area contributed by atoms with Gasteiger partial charge >= 0.3 is 0 Å². The fourth-order valence-corrected chi connectivity index (χ4v) is 5.20. The van der Waals surface area contributed by atoms with Crippen LogP contribution in [0.15, 0.2) is 0 Å². The number of nitrogens with one attached hydrogen (secondary N) is 1. The number of thiophene rings is 1. The Balaban J connectivity index is 1.65. The van der Waals surface area contributed by atoms with Gasteiger partial charge in [-0.2, -0.15) is 5.26 Å². The molecule has 0 saturated carbocycles. The largest absolute Gasteiger partial charge is 0.315 e. The van der Waals surface area contributed by atoms with Crippen molar-refractivity contribution in [2.45, 2.75) is 58.3 Å². The number of amides is 1.